The molecular formula is C19H13F2N3. The lowest BCUT2D eigenvalue weighted by Crippen LogP contribution is -2.11. The van der Waals surface area contributed by atoms with Crippen LogP contribution in [0.15, 0.2) is 66.7 Å². The zero-order chi connectivity index (χ0) is 16.5. The van der Waals surface area contributed by atoms with Gasteiger partial charge in [-0.3, -0.25) is 10.9 Å². The van der Waals surface area contributed by atoms with Crippen LogP contribution in [0.5, 0.6) is 0 Å². The van der Waals surface area contributed by atoms with Crippen LogP contribution in [0.1, 0.15) is 0 Å². The summed E-state index contributed by atoms with van der Waals surface area (Å²) < 4.78 is 26.9. The summed E-state index contributed by atoms with van der Waals surface area (Å²) in [6, 6.07) is 18.8. The number of hydrogen-bond acceptors (Lipinski definition) is 3. The SMILES string of the molecule is Fc1ccc(NNc2c3ccccc3nc3ccccc23)c(F)c1. The molecule has 24 heavy (non-hydrogen) atoms. The third kappa shape index (κ3) is 2.50. The lowest BCUT2D eigenvalue weighted by atomic mass is 10.1. The smallest absolute Gasteiger partial charge is 0.150 e. The van der Waals surface area contributed by atoms with Gasteiger partial charge in [0.2, 0.25) is 0 Å². The van der Waals surface area contributed by atoms with E-state index in [2.05, 4.69) is 15.8 Å². The zero-order valence-corrected chi connectivity index (χ0v) is 12.6. The van der Waals surface area contributed by atoms with Crippen LogP contribution in [-0.4, -0.2) is 4.98 Å². The van der Waals surface area contributed by atoms with Gasteiger partial charge < -0.3 is 0 Å². The van der Waals surface area contributed by atoms with Crippen molar-refractivity contribution in [2.75, 3.05) is 10.9 Å². The number of para-hydroxylation sites is 2. The van der Waals surface area contributed by atoms with E-state index in [-0.39, 0.29) is 5.69 Å². The van der Waals surface area contributed by atoms with Crippen LogP contribution >= 0.6 is 0 Å². The second-order valence-electron chi connectivity index (χ2n) is 5.40. The first-order chi connectivity index (χ1) is 11.7. The third-order valence-corrected chi connectivity index (χ3v) is 3.84. The number of pyridine rings is 1. The Morgan fingerprint density at radius 1 is 0.708 bits per heavy atom. The summed E-state index contributed by atoms with van der Waals surface area (Å²) in [4.78, 5) is 4.63. The summed E-state index contributed by atoms with van der Waals surface area (Å²) in [5, 5.41) is 1.82. The number of hydrogen-bond donors (Lipinski definition) is 2. The van der Waals surface area contributed by atoms with Gasteiger partial charge >= 0.3 is 0 Å². The van der Waals surface area contributed by atoms with Crippen molar-refractivity contribution in [1.29, 1.82) is 0 Å². The number of anilines is 2. The second kappa shape index (κ2) is 5.77. The molecule has 0 amide bonds. The fourth-order valence-electron chi connectivity index (χ4n) is 2.70. The van der Waals surface area contributed by atoms with Gasteiger partial charge in [0, 0.05) is 16.8 Å². The van der Waals surface area contributed by atoms with E-state index in [1.807, 2.05) is 48.5 Å². The van der Waals surface area contributed by atoms with Crippen molar-refractivity contribution in [2.45, 2.75) is 0 Å². The van der Waals surface area contributed by atoms with E-state index >= 15 is 0 Å². The van der Waals surface area contributed by atoms with Gasteiger partial charge in [-0.05, 0) is 24.3 Å². The molecule has 118 valence electrons. The van der Waals surface area contributed by atoms with Gasteiger partial charge in [-0.25, -0.2) is 13.8 Å². The van der Waals surface area contributed by atoms with Crippen LogP contribution < -0.4 is 10.9 Å². The van der Waals surface area contributed by atoms with Gasteiger partial charge in [0.15, 0.2) is 5.82 Å². The van der Waals surface area contributed by atoms with E-state index in [0.29, 0.717) is 0 Å². The number of aromatic nitrogens is 1. The van der Waals surface area contributed by atoms with Crippen LogP contribution in [0.2, 0.25) is 0 Å². The van der Waals surface area contributed by atoms with E-state index in [1.54, 1.807) is 0 Å². The number of hydrazine groups is 1. The lowest BCUT2D eigenvalue weighted by molar-refractivity contribution is 0.585. The first kappa shape index (κ1) is 14.4. The summed E-state index contributed by atoms with van der Waals surface area (Å²) in [6.45, 7) is 0. The van der Waals surface area contributed by atoms with Crippen LogP contribution in [0.3, 0.4) is 0 Å². The van der Waals surface area contributed by atoms with Crippen LogP contribution in [0, 0.1) is 11.6 Å². The largest absolute Gasteiger partial charge is 0.299 e. The van der Waals surface area contributed by atoms with Crippen molar-refractivity contribution >= 4 is 33.2 Å². The molecular weight excluding hydrogens is 308 g/mol. The fourth-order valence-corrected chi connectivity index (χ4v) is 2.70. The number of halogens is 2. The van der Waals surface area contributed by atoms with Crippen LogP contribution in [0.25, 0.3) is 21.8 Å². The molecule has 0 fully saturated rings. The molecule has 0 saturated carbocycles. The van der Waals surface area contributed by atoms with Gasteiger partial charge in [-0.2, -0.15) is 0 Å². The van der Waals surface area contributed by atoms with E-state index in [0.717, 1.165) is 33.6 Å². The molecule has 0 saturated heterocycles. The Labute approximate surface area is 136 Å². The first-order valence-corrected chi connectivity index (χ1v) is 7.47. The molecule has 0 atom stereocenters. The molecule has 4 rings (SSSR count). The maximum absolute atomic E-state index is 13.8. The Hall–Kier alpha value is -3.21. The monoisotopic (exact) mass is 321 g/mol. The topological polar surface area (TPSA) is 37.0 Å². The minimum atomic E-state index is -0.662. The standard InChI is InChI=1S/C19H13F2N3/c20-12-9-10-18(15(21)11-12)23-24-19-13-5-1-3-7-16(13)22-17-8-4-2-6-14(17)19/h1-11,23H,(H,22,24). The van der Waals surface area contributed by atoms with E-state index in [4.69, 9.17) is 0 Å². The first-order valence-electron chi connectivity index (χ1n) is 7.47. The second-order valence-corrected chi connectivity index (χ2v) is 5.40. The highest BCUT2D eigenvalue weighted by atomic mass is 19.1. The Morgan fingerprint density at radius 2 is 1.33 bits per heavy atom. The summed E-state index contributed by atoms with van der Waals surface area (Å²) in [6.07, 6.45) is 0. The molecule has 0 aliphatic heterocycles. The molecule has 5 heteroatoms. The summed E-state index contributed by atoms with van der Waals surface area (Å²) >= 11 is 0. The Kier molecular flexibility index (Phi) is 3.46. The molecule has 2 N–H and O–H groups in total. The Morgan fingerprint density at radius 3 is 1.96 bits per heavy atom. The van der Waals surface area contributed by atoms with Crippen LogP contribution in [-0.2, 0) is 0 Å². The molecule has 0 bridgehead atoms. The molecule has 0 radical (unpaired) electrons. The Balaban J connectivity index is 1.81. The van der Waals surface area contributed by atoms with Gasteiger partial charge in [-0.1, -0.05) is 36.4 Å². The van der Waals surface area contributed by atoms with Gasteiger partial charge in [0.1, 0.15) is 5.82 Å². The lowest BCUT2D eigenvalue weighted by Gasteiger charge is -2.15. The van der Waals surface area contributed by atoms with Crippen molar-refractivity contribution < 1.29 is 8.78 Å². The van der Waals surface area contributed by atoms with E-state index in [1.165, 1.54) is 12.1 Å². The highest BCUT2D eigenvalue weighted by molar-refractivity contribution is 6.07. The Bertz CT molecular complexity index is 993. The van der Waals surface area contributed by atoms with Crippen molar-refractivity contribution in [3.63, 3.8) is 0 Å². The highest BCUT2D eigenvalue weighted by Crippen LogP contribution is 2.30. The molecule has 3 aromatic carbocycles. The zero-order valence-electron chi connectivity index (χ0n) is 12.6. The third-order valence-electron chi connectivity index (χ3n) is 3.84. The number of rotatable bonds is 3. The normalized spacial score (nSPS) is 10.9. The summed E-state index contributed by atoms with van der Waals surface area (Å²) in [5.41, 5.74) is 8.50. The van der Waals surface area contributed by atoms with Crippen LogP contribution in [0.4, 0.5) is 20.2 Å². The van der Waals surface area contributed by atoms with E-state index < -0.39 is 11.6 Å². The molecule has 0 aliphatic carbocycles. The molecule has 0 aliphatic rings. The minimum Gasteiger partial charge on any atom is -0.299 e. The predicted octanol–water partition coefficient (Wildman–Crippen LogP) is 5.11. The maximum atomic E-state index is 13.8. The van der Waals surface area contributed by atoms with E-state index in [9.17, 15) is 8.78 Å². The average molecular weight is 321 g/mol. The maximum Gasteiger partial charge on any atom is 0.150 e. The summed E-state index contributed by atoms with van der Waals surface area (Å²) in [5.74, 6) is -1.27. The van der Waals surface area contributed by atoms with Crippen molar-refractivity contribution in [1.82, 2.24) is 4.98 Å². The number of nitrogens with one attached hydrogen (secondary N) is 2. The number of benzene rings is 3. The molecule has 4 aromatic rings. The average Bonchev–Trinajstić information content (AvgIpc) is 2.60. The molecule has 0 spiro atoms. The number of fused-ring (bicyclic) bond motifs is 2. The van der Waals surface area contributed by atoms with Gasteiger partial charge in [-0.15, -0.1) is 0 Å². The van der Waals surface area contributed by atoms with Crippen molar-refractivity contribution in [2.24, 2.45) is 0 Å². The van der Waals surface area contributed by atoms with Crippen molar-refractivity contribution in [3.8, 4) is 0 Å². The fraction of sp³-hybridized carbons (Fsp3) is 0. The molecule has 3 nitrogen and oxygen atoms in total. The molecule has 1 heterocycles. The molecule has 0 unspecified atom stereocenters. The quantitative estimate of drug-likeness (QED) is 0.407. The summed E-state index contributed by atoms with van der Waals surface area (Å²) in [7, 11) is 0. The highest BCUT2D eigenvalue weighted by Gasteiger charge is 2.09. The minimum absolute atomic E-state index is 0.168. The van der Waals surface area contributed by atoms with Crippen molar-refractivity contribution in [3.05, 3.63) is 78.4 Å². The predicted molar refractivity (Wildman–Crippen MR) is 92.9 cm³/mol. The molecule has 1 aromatic heterocycles. The van der Waals surface area contributed by atoms with Gasteiger partial charge in [0.25, 0.3) is 0 Å². The van der Waals surface area contributed by atoms with Gasteiger partial charge in [0.05, 0.1) is 22.4 Å². The number of nitrogens with zero attached hydrogens (tertiary/aromatic N) is 1.